The Morgan fingerprint density at radius 2 is 1.90 bits per heavy atom. The van der Waals surface area contributed by atoms with Crippen LogP contribution in [-0.4, -0.2) is 70.2 Å². The maximum absolute atomic E-state index is 10.8. The fourth-order valence-electron chi connectivity index (χ4n) is 3.54. The molecule has 1 saturated heterocycles. The fraction of sp³-hybridized carbons (Fsp3) is 0.381. The van der Waals surface area contributed by atoms with Crippen LogP contribution in [0.15, 0.2) is 48.5 Å². The quantitative estimate of drug-likeness (QED) is 0.436. The number of benzene rings is 2. The van der Waals surface area contributed by atoms with Crippen molar-refractivity contribution in [2.75, 3.05) is 39.3 Å². The van der Waals surface area contributed by atoms with E-state index >= 15 is 0 Å². The lowest BCUT2D eigenvalue weighted by Gasteiger charge is -2.35. The van der Waals surface area contributed by atoms with Gasteiger partial charge in [-0.1, -0.05) is 18.2 Å². The van der Waals surface area contributed by atoms with Crippen LogP contribution in [0.4, 0.5) is 5.69 Å². The second kappa shape index (κ2) is 9.48. The number of nitro groups is 1. The summed E-state index contributed by atoms with van der Waals surface area (Å²) < 4.78 is 6.75. The molecule has 1 aliphatic heterocycles. The Morgan fingerprint density at radius 1 is 1.13 bits per heavy atom. The number of nitro benzene ring substituents is 1. The van der Waals surface area contributed by atoms with Crippen molar-refractivity contribution < 1.29 is 14.8 Å². The number of aliphatic hydroxyl groups excluding tert-OH is 1. The van der Waals surface area contributed by atoms with Crippen LogP contribution < -0.4 is 4.74 Å². The van der Waals surface area contributed by atoms with Gasteiger partial charge in [0, 0.05) is 38.8 Å². The zero-order valence-electron chi connectivity index (χ0n) is 16.5. The van der Waals surface area contributed by atoms with E-state index in [1.807, 2.05) is 18.2 Å². The number of piperazine rings is 1. The summed E-state index contributed by atoms with van der Waals surface area (Å²) in [5.41, 5.74) is 1.04. The lowest BCUT2D eigenvalue weighted by Crippen LogP contribution is -2.48. The lowest BCUT2D eigenvalue weighted by atomic mass is 10.2. The number of aromatic nitrogens is 1. The van der Waals surface area contributed by atoms with Crippen LogP contribution in [0.5, 0.6) is 5.75 Å². The van der Waals surface area contributed by atoms with E-state index in [-0.39, 0.29) is 12.3 Å². The monoisotopic (exact) mass is 428 g/mol. The summed E-state index contributed by atoms with van der Waals surface area (Å²) in [5.74, 6) is 0.393. The average molecular weight is 429 g/mol. The van der Waals surface area contributed by atoms with E-state index in [0.29, 0.717) is 12.3 Å². The molecule has 8 nitrogen and oxygen atoms in total. The summed E-state index contributed by atoms with van der Waals surface area (Å²) in [4.78, 5) is 19.7. The molecule has 2 aromatic carbocycles. The predicted octanol–water partition coefficient (Wildman–Crippen LogP) is 2.76. The van der Waals surface area contributed by atoms with E-state index in [9.17, 15) is 15.2 Å². The molecule has 1 fully saturated rings. The second-order valence-corrected chi connectivity index (χ2v) is 8.49. The van der Waals surface area contributed by atoms with E-state index in [2.05, 4.69) is 15.9 Å². The number of non-ortho nitro benzene ring substituents is 1. The van der Waals surface area contributed by atoms with Gasteiger partial charge >= 0.3 is 0 Å². The molecule has 30 heavy (non-hydrogen) atoms. The summed E-state index contributed by atoms with van der Waals surface area (Å²) in [5, 5.41) is 22.3. The molecular weight excluding hydrogens is 404 g/mol. The maximum atomic E-state index is 10.8. The maximum Gasteiger partial charge on any atom is 0.273 e. The molecule has 4 rings (SSSR count). The van der Waals surface area contributed by atoms with Crippen molar-refractivity contribution in [3.8, 4) is 5.75 Å². The number of thiazole rings is 1. The summed E-state index contributed by atoms with van der Waals surface area (Å²) in [7, 11) is 0. The molecule has 1 N–H and O–H groups in total. The van der Waals surface area contributed by atoms with Gasteiger partial charge in [-0.25, -0.2) is 4.98 Å². The Labute approximate surface area is 178 Å². The van der Waals surface area contributed by atoms with Crippen LogP contribution in [0.3, 0.4) is 0 Å². The Kier molecular flexibility index (Phi) is 6.53. The number of para-hydroxylation sites is 1. The molecule has 1 atom stereocenters. The molecule has 0 amide bonds. The highest BCUT2D eigenvalue weighted by Crippen LogP contribution is 2.23. The van der Waals surface area contributed by atoms with Crippen molar-refractivity contribution in [2.45, 2.75) is 12.6 Å². The van der Waals surface area contributed by atoms with Crippen LogP contribution in [0.25, 0.3) is 10.2 Å². The van der Waals surface area contributed by atoms with Crippen LogP contribution >= 0.6 is 11.3 Å². The first-order valence-corrected chi connectivity index (χ1v) is 10.7. The second-order valence-electron chi connectivity index (χ2n) is 7.37. The van der Waals surface area contributed by atoms with E-state index in [1.165, 1.54) is 16.8 Å². The SMILES string of the molecule is O=[N+]([O-])c1cccc(OCC(O)CN2CCN(Cc3nc4ccccc4s3)CC2)c1. The molecule has 0 saturated carbocycles. The first-order valence-electron chi connectivity index (χ1n) is 9.91. The average Bonchev–Trinajstić information content (AvgIpc) is 3.16. The Hall–Kier alpha value is -2.59. The van der Waals surface area contributed by atoms with Crippen molar-refractivity contribution in [3.05, 3.63) is 63.7 Å². The molecular formula is C21H24N4O4S. The van der Waals surface area contributed by atoms with E-state index < -0.39 is 11.0 Å². The lowest BCUT2D eigenvalue weighted by molar-refractivity contribution is -0.384. The third-order valence-electron chi connectivity index (χ3n) is 5.10. The van der Waals surface area contributed by atoms with Crippen LogP contribution in [0, 0.1) is 10.1 Å². The zero-order chi connectivity index (χ0) is 20.9. The number of hydrogen-bond donors (Lipinski definition) is 1. The minimum Gasteiger partial charge on any atom is -0.491 e. The summed E-state index contributed by atoms with van der Waals surface area (Å²) >= 11 is 1.74. The molecule has 1 aromatic heterocycles. The van der Waals surface area contributed by atoms with Crippen molar-refractivity contribution in [1.29, 1.82) is 0 Å². The fourth-order valence-corrected chi connectivity index (χ4v) is 4.55. The van der Waals surface area contributed by atoms with Gasteiger partial charge in [-0.3, -0.25) is 19.9 Å². The molecule has 158 valence electrons. The predicted molar refractivity (Wildman–Crippen MR) is 116 cm³/mol. The van der Waals surface area contributed by atoms with Crippen molar-refractivity contribution in [2.24, 2.45) is 0 Å². The Balaban J connectivity index is 1.20. The smallest absolute Gasteiger partial charge is 0.273 e. The highest BCUT2D eigenvalue weighted by molar-refractivity contribution is 7.18. The molecule has 2 heterocycles. The van der Waals surface area contributed by atoms with Gasteiger partial charge in [-0.2, -0.15) is 0 Å². The van der Waals surface area contributed by atoms with Crippen molar-refractivity contribution >= 4 is 27.2 Å². The normalized spacial score (nSPS) is 16.6. The summed E-state index contributed by atoms with van der Waals surface area (Å²) in [6.07, 6.45) is -0.653. The van der Waals surface area contributed by atoms with Gasteiger partial charge in [0.05, 0.1) is 27.8 Å². The molecule has 0 bridgehead atoms. The van der Waals surface area contributed by atoms with Gasteiger partial charge in [0.1, 0.15) is 23.5 Å². The third-order valence-corrected chi connectivity index (χ3v) is 6.12. The molecule has 0 radical (unpaired) electrons. The zero-order valence-corrected chi connectivity index (χ0v) is 17.3. The first kappa shape index (κ1) is 20.7. The molecule has 3 aromatic rings. The number of fused-ring (bicyclic) bond motifs is 1. The molecule has 0 aliphatic carbocycles. The number of ether oxygens (including phenoxy) is 1. The van der Waals surface area contributed by atoms with Crippen LogP contribution in [0.2, 0.25) is 0 Å². The molecule has 1 unspecified atom stereocenters. The number of aliphatic hydroxyl groups is 1. The summed E-state index contributed by atoms with van der Waals surface area (Å²) in [6.45, 7) is 5.07. The number of hydrogen-bond acceptors (Lipinski definition) is 8. The summed E-state index contributed by atoms with van der Waals surface area (Å²) in [6, 6.07) is 14.2. The first-order chi connectivity index (χ1) is 14.6. The van der Waals surface area contributed by atoms with Crippen LogP contribution in [0.1, 0.15) is 5.01 Å². The Morgan fingerprint density at radius 3 is 2.67 bits per heavy atom. The number of β-amino-alcohol motifs (C(OH)–C–C–N with tert-alkyl or cyclic N) is 1. The van der Waals surface area contributed by atoms with Gasteiger partial charge < -0.3 is 9.84 Å². The number of nitrogens with zero attached hydrogens (tertiary/aromatic N) is 4. The van der Waals surface area contributed by atoms with Crippen molar-refractivity contribution in [1.82, 2.24) is 14.8 Å². The van der Waals surface area contributed by atoms with Crippen LogP contribution in [-0.2, 0) is 6.54 Å². The third kappa shape index (κ3) is 5.31. The van der Waals surface area contributed by atoms with E-state index in [4.69, 9.17) is 9.72 Å². The van der Waals surface area contributed by atoms with Gasteiger partial charge in [0.2, 0.25) is 0 Å². The van der Waals surface area contributed by atoms with Gasteiger partial charge in [0.25, 0.3) is 5.69 Å². The highest BCUT2D eigenvalue weighted by Gasteiger charge is 2.20. The number of rotatable bonds is 8. The standard InChI is InChI=1S/C21H24N4O4S/c26-17(15-29-18-5-3-4-16(12-18)25(27)28)13-23-8-10-24(11-9-23)14-21-22-19-6-1-2-7-20(19)30-21/h1-7,12,17,26H,8-11,13-15H2. The topological polar surface area (TPSA) is 92.0 Å². The molecule has 1 aliphatic rings. The van der Waals surface area contributed by atoms with Gasteiger partial charge in [-0.15, -0.1) is 11.3 Å². The molecule has 9 heteroatoms. The highest BCUT2D eigenvalue weighted by atomic mass is 32.1. The van der Waals surface area contributed by atoms with Crippen molar-refractivity contribution in [3.63, 3.8) is 0 Å². The van der Waals surface area contributed by atoms with E-state index in [0.717, 1.165) is 43.2 Å². The largest absolute Gasteiger partial charge is 0.491 e. The Bertz CT molecular complexity index is 970. The molecule has 0 spiro atoms. The van der Waals surface area contributed by atoms with E-state index in [1.54, 1.807) is 23.5 Å². The minimum absolute atomic E-state index is 0.0220. The minimum atomic E-state index is -0.653. The van der Waals surface area contributed by atoms with Gasteiger partial charge in [-0.05, 0) is 18.2 Å². The van der Waals surface area contributed by atoms with Gasteiger partial charge in [0.15, 0.2) is 0 Å².